The molecule has 0 saturated heterocycles. The number of phenols is 2. The van der Waals surface area contributed by atoms with Crippen LogP contribution in [-0.2, 0) is 22.4 Å². The highest BCUT2D eigenvalue weighted by atomic mass is 16.5. The first-order valence-electron chi connectivity index (χ1n) is 14.9. The number of carbonyl (C=O) groups excluding carboxylic acids is 2. The van der Waals surface area contributed by atoms with E-state index in [9.17, 15) is 30.0 Å². The summed E-state index contributed by atoms with van der Waals surface area (Å²) >= 11 is 0. The molecular weight excluding hydrogens is 588 g/mol. The minimum absolute atomic E-state index is 0.0228. The van der Waals surface area contributed by atoms with Crippen molar-refractivity contribution in [2.45, 2.75) is 25.0 Å². The molecule has 0 aliphatic heterocycles. The van der Waals surface area contributed by atoms with E-state index >= 15 is 0 Å². The topological polar surface area (TPSA) is 158 Å². The summed E-state index contributed by atoms with van der Waals surface area (Å²) in [6, 6.07) is 27.8. The van der Waals surface area contributed by atoms with Gasteiger partial charge in [-0.1, -0.05) is 60.7 Å². The molecular formula is C36H38N2O8. The Labute approximate surface area is 267 Å². The molecule has 0 spiro atoms. The zero-order valence-electron chi connectivity index (χ0n) is 25.2. The summed E-state index contributed by atoms with van der Waals surface area (Å²) < 4.78 is 10.4. The number of rotatable bonds is 16. The van der Waals surface area contributed by atoms with Crippen LogP contribution in [-0.4, -0.2) is 58.5 Å². The fourth-order valence-electron chi connectivity index (χ4n) is 4.62. The van der Waals surface area contributed by atoms with Gasteiger partial charge in [-0.3, -0.25) is 0 Å². The van der Waals surface area contributed by atoms with Crippen molar-refractivity contribution in [2.24, 2.45) is 0 Å². The lowest BCUT2D eigenvalue weighted by Crippen LogP contribution is -2.23. The minimum Gasteiger partial charge on any atom is -0.508 e. The van der Waals surface area contributed by atoms with E-state index in [1.165, 1.54) is 36.4 Å². The van der Waals surface area contributed by atoms with Crippen LogP contribution in [0, 0.1) is 0 Å². The summed E-state index contributed by atoms with van der Waals surface area (Å²) in [5.41, 5.74) is 3.01. The van der Waals surface area contributed by atoms with Gasteiger partial charge in [0.15, 0.2) is 0 Å². The molecule has 2 atom stereocenters. The Hall–Kier alpha value is -5.00. The smallest absolute Gasteiger partial charge is 0.336 e. The quantitative estimate of drug-likeness (QED) is 0.0467. The van der Waals surface area contributed by atoms with Crippen molar-refractivity contribution in [3.8, 4) is 23.0 Å². The second-order valence-corrected chi connectivity index (χ2v) is 10.6. The molecule has 240 valence electrons. The average Bonchev–Trinajstić information content (AvgIpc) is 3.04. The maximum atomic E-state index is 12.4. The molecule has 10 heteroatoms. The van der Waals surface area contributed by atoms with E-state index in [1.807, 2.05) is 60.7 Å². The molecule has 4 rings (SSSR count). The van der Waals surface area contributed by atoms with Gasteiger partial charge in [-0.15, -0.1) is 0 Å². The van der Waals surface area contributed by atoms with Crippen molar-refractivity contribution in [3.63, 3.8) is 0 Å². The summed E-state index contributed by atoms with van der Waals surface area (Å²) in [4.78, 5) is 24.7. The van der Waals surface area contributed by atoms with Gasteiger partial charge in [0.2, 0.25) is 0 Å². The van der Waals surface area contributed by atoms with Crippen LogP contribution >= 0.6 is 0 Å². The second-order valence-electron chi connectivity index (χ2n) is 10.6. The van der Waals surface area contributed by atoms with Gasteiger partial charge in [0.05, 0.1) is 12.2 Å². The molecule has 0 bridgehead atoms. The molecule has 0 heterocycles. The lowest BCUT2D eigenvalue weighted by atomic mass is 10.1. The number of aliphatic hydroxyl groups excluding tert-OH is 2. The number of phenolic OH excluding ortho intramolecular Hbond substituents is 2. The van der Waals surface area contributed by atoms with Crippen LogP contribution in [0.4, 0.5) is 0 Å². The van der Waals surface area contributed by atoms with E-state index in [0.717, 1.165) is 36.1 Å². The molecule has 0 saturated carbocycles. The third-order valence-electron chi connectivity index (χ3n) is 6.93. The fraction of sp³-hybridized carbons (Fsp3) is 0.222. The van der Waals surface area contributed by atoms with Crippen LogP contribution in [0.1, 0.15) is 34.5 Å². The number of aliphatic hydroxyl groups is 2. The van der Waals surface area contributed by atoms with Crippen molar-refractivity contribution < 1.29 is 39.5 Å². The average molecular weight is 627 g/mol. The number of ether oxygens (including phenoxy) is 2. The number of esters is 2. The first-order chi connectivity index (χ1) is 22.2. The second kappa shape index (κ2) is 17.5. The molecule has 4 aromatic rings. The van der Waals surface area contributed by atoms with E-state index in [0.29, 0.717) is 24.2 Å². The Morgan fingerprint density at radius 3 is 1.39 bits per heavy atom. The Kier molecular flexibility index (Phi) is 12.9. The predicted octanol–water partition coefficient (Wildman–Crippen LogP) is 3.90. The van der Waals surface area contributed by atoms with Crippen LogP contribution in [0.15, 0.2) is 109 Å². The first-order valence-corrected chi connectivity index (χ1v) is 14.9. The molecule has 2 unspecified atom stereocenters. The zero-order valence-corrected chi connectivity index (χ0v) is 25.2. The van der Waals surface area contributed by atoms with Gasteiger partial charge < -0.3 is 40.5 Å². The van der Waals surface area contributed by atoms with E-state index < -0.39 is 24.1 Å². The largest absolute Gasteiger partial charge is 0.508 e. The van der Waals surface area contributed by atoms with Gasteiger partial charge in [-0.2, -0.15) is 0 Å². The van der Waals surface area contributed by atoms with Crippen molar-refractivity contribution in [1.82, 2.24) is 10.6 Å². The van der Waals surface area contributed by atoms with Crippen molar-refractivity contribution in [3.05, 3.63) is 131 Å². The zero-order chi connectivity index (χ0) is 32.7. The molecule has 0 amide bonds. The summed E-state index contributed by atoms with van der Waals surface area (Å²) in [5, 5.41) is 47.6. The maximum Gasteiger partial charge on any atom is 0.336 e. The number of benzene rings is 4. The van der Waals surface area contributed by atoms with Crippen molar-refractivity contribution in [2.75, 3.05) is 26.2 Å². The van der Waals surface area contributed by atoms with Crippen LogP contribution in [0.5, 0.6) is 23.0 Å². The molecule has 0 radical (unpaired) electrons. The predicted molar refractivity (Wildman–Crippen MR) is 173 cm³/mol. The highest BCUT2D eigenvalue weighted by Crippen LogP contribution is 2.27. The molecule has 0 aliphatic carbocycles. The van der Waals surface area contributed by atoms with E-state index in [2.05, 4.69) is 10.6 Å². The lowest BCUT2D eigenvalue weighted by molar-refractivity contribution is -0.131. The maximum absolute atomic E-state index is 12.4. The van der Waals surface area contributed by atoms with E-state index in [-0.39, 0.29) is 36.1 Å². The Balaban J connectivity index is 1.24. The number of hydrogen-bond donors (Lipinski definition) is 6. The van der Waals surface area contributed by atoms with Gasteiger partial charge in [0, 0.05) is 37.4 Å². The number of nitrogens with one attached hydrogen (secondary N) is 2. The standard InChI is InChI=1S/C36H38N2O8/c39-29-17-27(33(41)23-37-15-13-25-7-3-1-4-8-25)19-31(21-29)45-35(43)11-12-36(44)46-32-20-28(18-30(40)22-32)34(42)24-38-16-14-26-9-5-2-6-10-26/h1-12,17-22,33-34,37-42H,13-16,23-24H2/b12-11+. The summed E-state index contributed by atoms with van der Waals surface area (Å²) in [6.07, 6.45) is 1.33. The van der Waals surface area contributed by atoms with Gasteiger partial charge in [0.1, 0.15) is 23.0 Å². The summed E-state index contributed by atoms with van der Waals surface area (Å²) in [6.45, 7) is 1.71. The molecule has 0 fully saturated rings. The van der Waals surface area contributed by atoms with Crippen molar-refractivity contribution in [1.29, 1.82) is 0 Å². The van der Waals surface area contributed by atoms with Crippen LogP contribution in [0.25, 0.3) is 0 Å². The van der Waals surface area contributed by atoms with Gasteiger partial charge in [-0.05, 0) is 72.5 Å². The third kappa shape index (κ3) is 11.5. The SMILES string of the molecule is O=C(/C=C/C(=O)Oc1cc(O)cc(C(O)CNCCc2ccccc2)c1)Oc1cc(O)cc(C(O)CNCCc2ccccc2)c1. The van der Waals surface area contributed by atoms with E-state index in [1.54, 1.807) is 0 Å². The highest BCUT2D eigenvalue weighted by molar-refractivity contribution is 5.93. The normalized spacial score (nSPS) is 12.5. The Bertz CT molecular complexity index is 1480. The summed E-state index contributed by atoms with van der Waals surface area (Å²) in [7, 11) is 0. The van der Waals surface area contributed by atoms with Crippen LogP contribution in [0.2, 0.25) is 0 Å². The number of aromatic hydroxyl groups is 2. The summed E-state index contributed by atoms with van der Waals surface area (Å²) in [5.74, 6) is -2.30. The van der Waals surface area contributed by atoms with Gasteiger partial charge >= 0.3 is 11.9 Å². The molecule has 0 aromatic heterocycles. The lowest BCUT2D eigenvalue weighted by Gasteiger charge is -2.14. The van der Waals surface area contributed by atoms with Crippen LogP contribution in [0.3, 0.4) is 0 Å². The van der Waals surface area contributed by atoms with Gasteiger partial charge in [-0.25, -0.2) is 9.59 Å². The molecule has 6 N–H and O–H groups in total. The molecule has 4 aromatic carbocycles. The van der Waals surface area contributed by atoms with Crippen molar-refractivity contribution >= 4 is 11.9 Å². The number of hydrogen-bond acceptors (Lipinski definition) is 10. The monoisotopic (exact) mass is 626 g/mol. The Morgan fingerprint density at radius 2 is 1.00 bits per heavy atom. The van der Waals surface area contributed by atoms with E-state index in [4.69, 9.17) is 9.47 Å². The van der Waals surface area contributed by atoms with Crippen LogP contribution < -0.4 is 20.1 Å². The third-order valence-corrected chi connectivity index (χ3v) is 6.93. The first kappa shape index (κ1) is 33.9. The molecule has 46 heavy (non-hydrogen) atoms. The minimum atomic E-state index is -0.971. The Morgan fingerprint density at radius 1 is 0.609 bits per heavy atom. The highest BCUT2D eigenvalue weighted by Gasteiger charge is 2.14. The molecule has 0 aliphatic rings. The molecule has 10 nitrogen and oxygen atoms in total. The number of carbonyl (C=O) groups is 2. The van der Waals surface area contributed by atoms with Gasteiger partial charge in [0.25, 0.3) is 0 Å². The fourth-order valence-corrected chi connectivity index (χ4v) is 4.62.